The van der Waals surface area contributed by atoms with Gasteiger partial charge < -0.3 is 10.1 Å². The predicted octanol–water partition coefficient (Wildman–Crippen LogP) is 4.01. The van der Waals surface area contributed by atoms with Crippen LogP contribution in [-0.4, -0.2) is 25.3 Å². The lowest BCUT2D eigenvalue weighted by molar-refractivity contribution is 0.0956. The molecule has 0 unspecified atom stereocenters. The predicted molar refractivity (Wildman–Crippen MR) is 91.7 cm³/mol. The van der Waals surface area contributed by atoms with Crippen LogP contribution in [0.3, 0.4) is 0 Å². The molecule has 0 saturated heterocycles. The normalized spacial score (nSPS) is 10.5. The number of carbonyl (C=O) groups excluding carboxylic acids is 1. The fraction of sp³-hybridized carbons (Fsp3) is 0.235. The molecule has 0 saturated carbocycles. The maximum Gasteiger partial charge on any atom is 0.251 e. The van der Waals surface area contributed by atoms with Crippen molar-refractivity contribution in [3.63, 3.8) is 0 Å². The van der Waals surface area contributed by atoms with Crippen molar-refractivity contribution < 1.29 is 9.53 Å². The van der Waals surface area contributed by atoms with Gasteiger partial charge in [-0.05, 0) is 42.0 Å². The Labute approximate surface area is 140 Å². The highest BCUT2D eigenvalue weighted by Gasteiger charge is 2.04. The number of thioether (sulfide) groups is 1. The Balaban J connectivity index is 1.74. The third-order valence-electron chi connectivity index (χ3n) is 3.00. The van der Waals surface area contributed by atoms with Crippen molar-refractivity contribution in [2.24, 2.45) is 0 Å². The highest BCUT2D eigenvalue weighted by atomic mass is 35.5. The SMILES string of the molecule is COCc1ccc(C(=O)NCCSc2ccc(Cl)cc2)cc1. The summed E-state index contributed by atoms with van der Waals surface area (Å²) in [6.07, 6.45) is 0. The topological polar surface area (TPSA) is 38.3 Å². The molecule has 1 N–H and O–H groups in total. The third kappa shape index (κ3) is 5.37. The van der Waals surface area contributed by atoms with Crippen LogP contribution in [-0.2, 0) is 11.3 Å². The van der Waals surface area contributed by atoms with Crippen molar-refractivity contribution in [1.82, 2.24) is 5.32 Å². The van der Waals surface area contributed by atoms with E-state index in [1.54, 1.807) is 18.9 Å². The van der Waals surface area contributed by atoms with Crippen LogP contribution >= 0.6 is 23.4 Å². The van der Waals surface area contributed by atoms with E-state index in [2.05, 4.69) is 5.32 Å². The van der Waals surface area contributed by atoms with Crippen LogP contribution in [0.25, 0.3) is 0 Å². The second kappa shape index (κ2) is 8.83. The molecule has 0 aliphatic carbocycles. The molecule has 2 aromatic carbocycles. The maximum absolute atomic E-state index is 12.0. The first kappa shape index (κ1) is 16.9. The van der Waals surface area contributed by atoms with Gasteiger partial charge in [0, 0.05) is 34.9 Å². The van der Waals surface area contributed by atoms with E-state index in [9.17, 15) is 4.79 Å². The molecule has 116 valence electrons. The van der Waals surface area contributed by atoms with E-state index in [-0.39, 0.29) is 5.91 Å². The molecule has 0 atom stereocenters. The number of carbonyl (C=O) groups is 1. The van der Waals surface area contributed by atoms with Crippen LogP contribution in [0.1, 0.15) is 15.9 Å². The lowest BCUT2D eigenvalue weighted by Crippen LogP contribution is -2.25. The molecule has 0 radical (unpaired) electrons. The molecule has 0 fully saturated rings. The molecule has 0 aliphatic rings. The van der Waals surface area contributed by atoms with Gasteiger partial charge in [-0.3, -0.25) is 4.79 Å². The van der Waals surface area contributed by atoms with Gasteiger partial charge in [0.05, 0.1) is 6.61 Å². The maximum atomic E-state index is 12.0. The van der Waals surface area contributed by atoms with Crippen LogP contribution in [0.5, 0.6) is 0 Å². The molecule has 0 aromatic heterocycles. The van der Waals surface area contributed by atoms with E-state index in [4.69, 9.17) is 16.3 Å². The number of benzene rings is 2. The number of halogens is 1. The summed E-state index contributed by atoms with van der Waals surface area (Å²) in [5, 5.41) is 3.65. The number of nitrogens with one attached hydrogen (secondary N) is 1. The summed E-state index contributed by atoms with van der Waals surface area (Å²) in [6.45, 7) is 1.17. The van der Waals surface area contributed by atoms with Gasteiger partial charge in [0.2, 0.25) is 0 Å². The number of amides is 1. The van der Waals surface area contributed by atoms with E-state index in [1.807, 2.05) is 48.5 Å². The lowest BCUT2D eigenvalue weighted by atomic mass is 10.1. The summed E-state index contributed by atoms with van der Waals surface area (Å²) in [5.74, 6) is 0.760. The molecule has 3 nitrogen and oxygen atoms in total. The Bertz CT molecular complexity index is 599. The van der Waals surface area contributed by atoms with E-state index >= 15 is 0 Å². The van der Waals surface area contributed by atoms with Crippen molar-refractivity contribution >= 4 is 29.3 Å². The fourth-order valence-electron chi connectivity index (χ4n) is 1.89. The molecular formula is C17H18ClNO2S. The van der Waals surface area contributed by atoms with Crippen LogP contribution in [0, 0.1) is 0 Å². The van der Waals surface area contributed by atoms with Gasteiger partial charge in [-0.1, -0.05) is 23.7 Å². The first-order chi connectivity index (χ1) is 10.7. The van der Waals surface area contributed by atoms with Gasteiger partial charge >= 0.3 is 0 Å². The Morgan fingerprint density at radius 2 is 1.82 bits per heavy atom. The van der Waals surface area contributed by atoms with E-state index in [0.717, 1.165) is 21.2 Å². The number of methoxy groups -OCH3 is 1. The number of rotatable bonds is 7. The zero-order chi connectivity index (χ0) is 15.8. The molecule has 2 aromatic rings. The van der Waals surface area contributed by atoms with Crippen molar-refractivity contribution in [3.8, 4) is 0 Å². The molecule has 22 heavy (non-hydrogen) atoms. The second-order valence-corrected chi connectivity index (χ2v) is 6.29. The molecule has 0 spiro atoms. The zero-order valence-electron chi connectivity index (χ0n) is 12.3. The molecular weight excluding hydrogens is 318 g/mol. The molecule has 0 heterocycles. The minimum Gasteiger partial charge on any atom is -0.380 e. The van der Waals surface area contributed by atoms with Gasteiger partial charge in [-0.25, -0.2) is 0 Å². The number of ether oxygens (including phenoxy) is 1. The average Bonchev–Trinajstić information content (AvgIpc) is 2.54. The zero-order valence-corrected chi connectivity index (χ0v) is 13.9. The van der Waals surface area contributed by atoms with Crippen molar-refractivity contribution in [1.29, 1.82) is 0 Å². The van der Waals surface area contributed by atoms with Gasteiger partial charge in [-0.15, -0.1) is 11.8 Å². The van der Waals surface area contributed by atoms with Crippen molar-refractivity contribution in [2.75, 3.05) is 19.4 Å². The highest BCUT2D eigenvalue weighted by Crippen LogP contribution is 2.19. The van der Waals surface area contributed by atoms with E-state index in [1.165, 1.54) is 0 Å². The summed E-state index contributed by atoms with van der Waals surface area (Å²) in [4.78, 5) is 13.1. The van der Waals surface area contributed by atoms with E-state index in [0.29, 0.717) is 18.7 Å². The second-order valence-electron chi connectivity index (χ2n) is 4.69. The molecule has 1 amide bonds. The Morgan fingerprint density at radius 1 is 1.14 bits per heavy atom. The highest BCUT2D eigenvalue weighted by molar-refractivity contribution is 7.99. The van der Waals surface area contributed by atoms with Crippen molar-refractivity contribution in [3.05, 3.63) is 64.7 Å². The van der Waals surface area contributed by atoms with Crippen molar-refractivity contribution in [2.45, 2.75) is 11.5 Å². The number of hydrogen-bond acceptors (Lipinski definition) is 3. The summed E-state index contributed by atoms with van der Waals surface area (Å²) < 4.78 is 5.05. The third-order valence-corrected chi connectivity index (χ3v) is 4.26. The minimum atomic E-state index is -0.0549. The first-order valence-electron chi connectivity index (χ1n) is 6.93. The molecule has 0 aliphatic heterocycles. The Morgan fingerprint density at radius 3 is 2.45 bits per heavy atom. The fourth-order valence-corrected chi connectivity index (χ4v) is 2.78. The van der Waals surface area contributed by atoms with E-state index < -0.39 is 0 Å². The molecule has 0 bridgehead atoms. The lowest BCUT2D eigenvalue weighted by Gasteiger charge is -2.06. The summed E-state index contributed by atoms with van der Waals surface area (Å²) >= 11 is 7.52. The Hall–Kier alpha value is -1.49. The molecule has 2 rings (SSSR count). The largest absolute Gasteiger partial charge is 0.380 e. The van der Waals surface area contributed by atoms with Crippen LogP contribution in [0.4, 0.5) is 0 Å². The smallest absolute Gasteiger partial charge is 0.251 e. The van der Waals surface area contributed by atoms with Gasteiger partial charge in [-0.2, -0.15) is 0 Å². The molecule has 5 heteroatoms. The monoisotopic (exact) mass is 335 g/mol. The van der Waals surface area contributed by atoms with Crippen LogP contribution in [0.15, 0.2) is 53.4 Å². The first-order valence-corrected chi connectivity index (χ1v) is 8.30. The summed E-state index contributed by atoms with van der Waals surface area (Å²) in [7, 11) is 1.65. The van der Waals surface area contributed by atoms with Crippen LogP contribution in [0.2, 0.25) is 5.02 Å². The number of hydrogen-bond donors (Lipinski definition) is 1. The average molecular weight is 336 g/mol. The summed E-state index contributed by atoms with van der Waals surface area (Å²) in [6, 6.07) is 15.1. The Kier molecular flexibility index (Phi) is 6.77. The van der Waals surface area contributed by atoms with Gasteiger partial charge in [0.25, 0.3) is 5.91 Å². The van der Waals surface area contributed by atoms with Gasteiger partial charge in [0.1, 0.15) is 0 Å². The minimum absolute atomic E-state index is 0.0549. The standard InChI is InChI=1S/C17H18ClNO2S/c1-21-12-13-2-4-14(5-3-13)17(20)19-10-11-22-16-8-6-15(18)7-9-16/h2-9H,10-12H2,1H3,(H,19,20). The quantitative estimate of drug-likeness (QED) is 0.613. The summed E-state index contributed by atoms with van der Waals surface area (Å²) in [5.41, 5.74) is 1.72. The van der Waals surface area contributed by atoms with Gasteiger partial charge in [0.15, 0.2) is 0 Å². The van der Waals surface area contributed by atoms with Crippen LogP contribution < -0.4 is 5.32 Å².